The van der Waals surface area contributed by atoms with Crippen molar-refractivity contribution in [3.05, 3.63) is 10.9 Å². The maximum Gasteiger partial charge on any atom is 0.0143 e. The van der Waals surface area contributed by atoms with Gasteiger partial charge in [0.15, 0.2) is 0 Å². The lowest BCUT2D eigenvalue weighted by atomic mass is 10.3. The minimum absolute atomic E-state index is 1.16. The summed E-state index contributed by atoms with van der Waals surface area (Å²) in [5, 5.41) is 1.37. The SMILES string of the molecule is CSC/C(C)=C(/C)P. The zero-order chi connectivity index (χ0) is 6.57. The van der Waals surface area contributed by atoms with Crippen LogP contribution < -0.4 is 0 Å². The van der Waals surface area contributed by atoms with Crippen LogP contribution in [0.5, 0.6) is 0 Å². The van der Waals surface area contributed by atoms with Gasteiger partial charge in [0.1, 0.15) is 0 Å². The highest BCUT2D eigenvalue weighted by Crippen LogP contribution is 2.13. The third kappa shape index (κ3) is 3.51. The summed E-state index contributed by atoms with van der Waals surface area (Å²) in [6.07, 6.45) is 2.12. The van der Waals surface area contributed by atoms with Gasteiger partial charge in [-0.25, -0.2) is 0 Å². The largest absolute Gasteiger partial charge is 0.161 e. The second-order valence-electron chi connectivity index (χ2n) is 1.90. The quantitative estimate of drug-likeness (QED) is 0.542. The van der Waals surface area contributed by atoms with E-state index in [0.29, 0.717) is 0 Å². The average Bonchev–Trinajstić information content (AvgIpc) is 1.67. The predicted octanol–water partition coefficient (Wildman–Crippen LogP) is 2.52. The molecule has 0 amide bonds. The molecule has 8 heavy (non-hydrogen) atoms. The third-order valence-electron chi connectivity index (χ3n) is 1.03. The van der Waals surface area contributed by atoms with Crippen molar-refractivity contribution < 1.29 is 0 Å². The zero-order valence-electron chi connectivity index (χ0n) is 5.69. The molecule has 0 saturated heterocycles. The summed E-state index contributed by atoms with van der Waals surface area (Å²) in [7, 11) is 2.71. The molecule has 0 heterocycles. The first-order valence-corrected chi connectivity index (χ1v) is 4.56. The van der Waals surface area contributed by atoms with Gasteiger partial charge in [-0.2, -0.15) is 11.8 Å². The van der Waals surface area contributed by atoms with E-state index in [1.165, 1.54) is 10.9 Å². The summed E-state index contributed by atoms with van der Waals surface area (Å²) in [5.74, 6) is 1.16. The molecule has 0 aromatic rings. The first-order valence-electron chi connectivity index (χ1n) is 2.59. The monoisotopic (exact) mass is 148 g/mol. The van der Waals surface area contributed by atoms with E-state index in [0.717, 1.165) is 5.75 Å². The number of thioether (sulfide) groups is 1. The first-order chi connectivity index (χ1) is 3.68. The summed E-state index contributed by atoms with van der Waals surface area (Å²) < 4.78 is 0. The lowest BCUT2D eigenvalue weighted by Crippen LogP contribution is -1.79. The number of allylic oxidation sites excluding steroid dienone is 1. The second-order valence-corrected chi connectivity index (χ2v) is 3.63. The van der Waals surface area contributed by atoms with Gasteiger partial charge in [0, 0.05) is 5.75 Å². The maximum atomic E-state index is 2.71. The summed E-state index contributed by atoms with van der Waals surface area (Å²) >= 11 is 1.87. The van der Waals surface area contributed by atoms with E-state index in [2.05, 4.69) is 29.3 Å². The standard InChI is InChI=1S/C6H13PS/c1-5(4-8-3)6(2)7/h4,7H2,1-3H3/b6-5-. The van der Waals surface area contributed by atoms with Gasteiger partial charge in [-0.1, -0.05) is 10.9 Å². The smallest absolute Gasteiger partial charge is 0.0143 e. The van der Waals surface area contributed by atoms with Crippen LogP contribution in [0.4, 0.5) is 0 Å². The van der Waals surface area contributed by atoms with Crippen LogP contribution in [-0.2, 0) is 0 Å². The summed E-state index contributed by atoms with van der Waals surface area (Å²) in [6, 6.07) is 0. The highest BCUT2D eigenvalue weighted by Gasteiger charge is 1.87. The molecular weight excluding hydrogens is 135 g/mol. The van der Waals surface area contributed by atoms with Crippen LogP contribution in [0.25, 0.3) is 0 Å². The van der Waals surface area contributed by atoms with Crippen LogP contribution in [0.3, 0.4) is 0 Å². The van der Waals surface area contributed by atoms with Crippen molar-refractivity contribution in [3.8, 4) is 0 Å². The van der Waals surface area contributed by atoms with Gasteiger partial charge in [-0.05, 0) is 20.1 Å². The van der Waals surface area contributed by atoms with Crippen LogP contribution in [0.1, 0.15) is 13.8 Å². The molecule has 0 aliphatic carbocycles. The second kappa shape index (κ2) is 4.40. The van der Waals surface area contributed by atoms with Gasteiger partial charge in [0.25, 0.3) is 0 Å². The van der Waals surface area contributed by atoms with E-state index >= 15 is 0 Å². The van der Waals surface area contributed by atoms with Gasteiger partial charge < -0.3 is 0 Å². The molecule has 0 aromatic heterocycles. The molecule has 0 N–H and O–H groups in total. The molecule has 0 rings (SSSR count). The van der Waals surface area contributed by atoms with E-state index < -0.39 is 0 Å². The fourth-order valence-electron chi connectivity index (χ4n) is 0.330. The Bertz CT molecular complexity index is 92.7. The summed E-state index contributed by atoms with van der Waals surface area (Å²) in [4.78, 5) is 0. The van der Waals surface area contributed by atoms with Crippen molar-refractivity contribution in [3.63, 3.8) is 0 Å². The minimum Gasteiger partial charge on any atom is -0.161 e. The molecule has 0 nitrogen and oxygen atoms in total. The van der Waals surface area contributed by atoms with Crippen LogP contribution >= 0.6 is 21.0 Å². The Balaban J connectivity index is 3.62. The van der Waals surface area contributed by atoms with Crippen LogP contribution in [-0.4, -0.2) is 12.0 Å². The minimum atomic E-state index is 1.16. The number of rotatable bonds is 2. The van der Waals surface area contributed by atoms with E-state index in [4.69, 9.17) is 0 Å². The number of hydrogen-bond donors (Lipinski definition) is 0. The molecule has 1 unspecified atom stereocenters. The Labute approximate surface area is 58.3 Å². The zero-order valence-corrected chi connectivity index (χ0v) is 7.66. The summed E-state index contributed by atoms with van der Waals surface area (Å²) in [6.45, 7) is 4.29. The Morgan fingerprint density at radius 1 is 1.50 bits per heavy atom. The lowest BCUT2D eigenvalue weighted by molar-refractivity contribution is 1.36. The molecule has 0 aromatic carbocycles. The number of hydrogen-bond acceptors (Lipinski definition) is 1. The van der Waals surface area contributed by atoms with E-state index in [1.54, 1.807) is 0 Å². The molecule has 0 saturated carbocycles. The Kier molecular flexibility index (Phi) is 4.69. The lowest BCUT2D eigenvalue weighted by Gasteiger charge is -1.97. The van der Waals surface area contributed by atoms with Gasteiger partial charge in [-0.3, -0.25) is 0 Å². The molecule has 0 spiro atoms. The van der Waals surface area contributed by atoms with Gasteiger partial charge in [0.2, 0.25) is 0 Å². The van der Waals surface area contributed by atoms with Crippen molar-refractivity contribution in [1.29, 1.82) is 0 Å². The highest BCUT2D eigenvalue weighted by molar-refractivity contribution is 7.98. The van der Waals surface area contributed by atoms with Gasteiger partial charge in [-0.15, -0.1) is 9.24 Å². The van der Waals surface area contributed by atoms with Crippen LogP contribution in [0.2, 0.25) is 0 Å². The van der Waals surface area contributed by atoms with Gasteiger partial charge in [0.05, 0.1) is 0 Å². The van der Waals surface area contributed by atoms with Crippen molar-refractivity contribution in [2.24, 2.45) is 0 Å². The molecule has 0 aliphatic rings. The molecule has 48 valence electrons. The van der Waals surface area contributed by atoms with Crippen molar-refractivity contribution in [1.82, 2.24) is 0 Å². The molecule has 2 heteroatoms. The fraction of sp³-hybridized carbons (Fsp3) is 0.667. The van der Waals surface area contributed by atoms with E-state index in [9.17, 15) is 0 Å². The van der Waals surface area contributed by atoms with E-state index in [1.807, 2.05) is 11.8 Å². The molecule has 0 fully saturated rings. The van der Waals surface area contributed by atoms with Crippen molar-refractivity contribution >= 4 is 21.0 Å². The Hall–Kier alpha value is 0.520. The fourth-order valence-corrected chi connectivity index (χ4v) is 1.24. The van der Waals surface area contributed by atoms with Gasteiger partial charge >= 0.3 is 0 Å². The first kappa shape index (κ1) is 8.52. The Morgan fingerprint density at radius 3 is 2.12 bits per heavy atom. The van der Waals surface area contributed by atoms with Crippen molar-refractivity contribution in [2.75, 3.05) is 12.0 Å². The highest BCUT2D eigenvalue weighted by atomic mass is 32.2. The summed E-state index contributed by atoms with van der Waals surface area (Å²) in [5.41, 5.74) is 1.47. The van der Waals surface area contributed by atoms with Crippen LogP contribution in [0.15, 0.2) is 10.9 Å². The molecule has 1 atom stereocenters. The third-order valence-corrected chi connectivity index (χ3v) is 2.25. The normalized spacial score (nSPS) is 13.5. The molecule has 0 radical (unpaired) electrons. The topological polar surface area (TPSA) is 0 Å². The molecular formula is C6H13PS. The maximum absolute atomic E-state index is 2.71. The average molecular weight is 148 g/mol. The van der Waals surface area contributed by atoms with E-state index in [-0.39, 0.29) is 0 Å². The van der Waals surface area contributed by atoms with Crippen molar-refractivity contribution in [2.45, 2.75) is 13.8 Å². The molecule has 0 bridgehead atoms. The van der Waals surface area contributed by atoms with Crippen LogP contribution in [0, 0.1) is 0 Å². The Morgan fingerprint density at radius 2 is 2.00 bits per heavy atom. The molecule has 0 aliphatic heterocycles. The predicted molar refractivity (Wildman–Crippen MR) is 46.5 cm³/mol.